The van der Waals surface area contributed by atoms with Crippen LogP contribution in [0.25, 0.3) is 0 Å². The van der Waals surface area contributed by atoms with Gasteiger partial charge in [-0.15, -0.1) is 0 Å². The van der Waals surface area contributed by atoms with Gasteiger partial charge in [0.2, 0.25) is 20.0 Å². The van der Waals surface area contributed by atoms with Gasteiger partial charge in [0.25, 0.3) is 0 Å². The molecule has 39 heavy (non-hydrogen) atoms. The highest BCUT2D eigenvalue weighted by molar-refractivity contribution is 7.92. The molecule has 2 N–H and O–H groups in total. The lowest BCUT2D eigenvalue weighted by Crippen LogP contribution is -2.38. The van der Waals surface area contributed by atoms with Crippen LogP contribution in [0.4, 0.5) is 11.4 Å². The quantitative estimate of drug-likeness (QED) is 0.381. The van der Waals surface area contributed by atoms with E-state index in [2.05, 4.69) is 9.44 Å². The smallest absolute Gasteiger partial charge is 0.309 e. The Morgan fingerprint density at radius 2 is 1.77 bits per heavy atom. The van der Waals surface area contributed by atoms with E-state index in [1.165, 1.54) is 6.07 Å². The number of hydrogen-bond donors (Lipinski definition) is 2. The van der Waals surface area contributed by atoms with Crippen LogP contribution in [-0.4, -0.2) is 48.3 Å². The first-order chi connectivity index (χ1) is 18.6. The van der Waals surface area contributed by atoms with Gasteiger partial charge in [0.05, 0.1) is 24.0 Å². The number of rotatable bonds is 11. The van der Waals surface area contributed by atoms with E-state index < -0.39 is 20.0 Å². The van der Waals surface area contributed by atoms with Gasteiger partial charge in [0, 0.05) is 24.8 Å². The molecule has 0 aromatic heterocycles. The second-order valence-electron chi connectivity index (χ2n) is 10.2. The van der Waals surface area contributed by atoms with E-state index >= 15 is 0 Å². The van der Waals surface area contributed by atoms with Crippen LogP contribution in [0.2, 0.25) is 0 Å². The number of piperidine rings is 1. The van der Waals surface area contributed by atoms with E-state index in [1.807, 2.05) is 36.1 Å². The van der Waals surface area contributed by atoms with Crippen molar-refractivity contribution in [2.45, 2.75) is 69.7 Å². The molecule has 214 valence electrons. The molecule has 1 aliphatic carbocycles. The zero-order valence-electron chi connectivity index (χ0n) is 22.7. The first kappa shape index (κ1) is 29.4. The Morgan fingerprint density at radius 1 is 1.03 bits per heavy atom. The van der Waals surface area contributed by atoms with Crippen molar-refractivity contribution in [1.29, 1.82) is 0 Å². The van der Waals surface area contributed by atoms with Gasteiger partial charge < -0.3 is 9.64 Å². The number of hydrogen-bond acceptors (Lipinski definition) is 7. The van der Waals surface area contributed by atoms with Crippen LogP contribution in [0, 0.1) is 5.92 Å². The molecule has 1 atom stereocenters. The Kier molecular flexibility index (Phi) is 9.56. The summed E-state index contributed by atoms with van der Waals surface area (Å²) in [5, 5.41) is 0. The highest BCUT2D eigenvalue weighted by atomic mass is 32.2. The fraction of sp³-hybridized carbons (Fsp3) is 0.536. The highest BCUT2D eigenvalue weighted by Gasteiger charge is 2.32. The van der Waals surface area contributed by atoms with Gasteiger partial charge in [0.1, 0.15) is 4.90 Å². The number of nitrogens with zero attached hydrogens (tertiary/aromatic N) is 1. The first-order valence-corrected chi connectivity index (χ1v) is 16.9. The largest absolute Gasteiger partial charge is 0.466 e. The summed E-state index contributed by atoms with van der Waals surface area (Å²) in [7, 11) is -7.65. The van der Waals surface area contributed by atoms with Crippen LogP contribution >= 0.6 is 0 Å². The van der Waals surface area contributed by atoms with Crippen molar-refractivity contribution in [3.05, 3.63) is 53.6 Å². The molecule has 0 radical (unpaired) electrons. The number of unbranched alkanes of at least 4 members (excludes halogenated alkanes) is 1. The van der Waals surface area contributed by atoms with Crippen molar-refractivity contribution in [1.82, 2.24) is 4.72 Å². The van der Waals surface area contributed by atoms with E-state index in [0.717, 1.165) is 30.4 Å². The van der Waals surface area contributed by atoms with Crippen LogP contribution in [-0.2, 0) is 36.0 Å². The van der Waals surface area contributed by atoms with Crippen LogP contribution in [0.5, 0.6) is 0 Å². The summed E-state index contributed by atoms with van der Waals surface area (Å²) in [4.78, 5) is 14.2. The van der Waals surface area contributed by atoms with Crippen molar-refractivity contribution in [3.8, 4) is 0 Å². The number of fused-ring (bicyclic) bond motifs is 1. The highest BCUT2D eigenvalue weighted by Crippen LogP contribution is 2.35. The number of nitrogens with one attached hydrogen (secondary N) is 2. The lowest BCUT2D eigenvalue weighted by molar-refractivity contribution is -0.148. The third-order valence-electron chi connectivity index (χ3n) is 7.41. The lowest BCUT2D eigenvalue weighted by Gasteiger charge is -2.34. The van der Waals surface area contributed by atoms with E-state index in [0.29, 0.717) is 51.1 Å². The molecule has 1 saturated heterocycles. The van der Waals surface area contributed by atoms with E-state index in [4.69, 9.17) is 4.74 Å². The SMILES string of the molecule is CCCCS(=O)(=O)Nc1ccc(N2CCC(C(=O)OCC)CC2)c(S(=O)(=O)N[C@H]2CCCc3ccccc32)c1. The third-order valence-corrected chi connectivity index (χ3v) is 10.3. The summed E-state index contributed by atoms with van der Waals surface area (Å²) < 4.78 is 63.7. The molecule has 9 nitrogen and oxygen atoms in total. The summed E-state index contributed by atoms with van der Waals surface area (Å²) >= 11 is 0. The molecule has 0 unspecified atom stereocenters. The molecule has 1 fully saturated rings. The normalized spacial score (nSPS) is 18.4. The molecule has 4 rings (SSSR count). The summed E-state index contributed by atoms with van der Waals surface area (Å²) in [5.41, 5.74) is 2.81. The minimum absolute atomic E-state index is 0.0239. The number of ether oxygens (including phenoxy) is 1. The Hall–Kier alpha value is -2.63. The standard InChI is InChI=1S/C28H39N3O6S2/c1-3-5-19-38(33,34)29-23-13-14-26(31-17-15-22(16-18-31)28(32)37-4-2)27(20-23)39(35,36)30-25-12-8-10-21-9-6-7-11-24(21)25/h6-7,9,11,13-14,20,22,25,29-30H,3-5,8,10,12,15-19H2,1-2H3/t25-/m0/s1. The average Bonchev–Trinajstić information content (AvgIpc) is 2.92. The average molecular weight is 578 g/mol. The fourth-order valence-corrected chi connectivity index (χ4v) is 8.12. The zero-order valence-corrected chi connectivity index (χ0v) is 24.3. The molecular formula is C28H39N3O6S2. The Labute approximate surface area is 232 Å². The topological polar surface area (TPSA) is 122 Å². The van der Waals surface area contributed by atoms with Crippen molar-refractivity contribution in [2.24, 2.45) is 5.92 Å². The maximum Gasteiger partial charge on any atom is 0.309 e. The van der Waals surface area contributed by atoms with Crippen molar-refractivity contribution in [2.75, 3.05) is 35.1 Å². The van der Waals surface area contributed by atoms with Gasteiger partial charge in [0.15, 0.2) is 0 Å². The van der Waals surface area contributed by atoms with E-state index in [-0.39, 0.29) is 34.3 Å². The maximum absolute atomic E-state index is 13.9. The molecule has 11 heteroatoms. The molecule has 2 aromatic carbocycles. The zero-order chi connectivity index (χ0) is 28.0. The van der Waals surface area contributed by atoms with Gasteiger partial charge in [-0.25, -0.2) is 21.6 Å². The number of benzene rings is 2. The molecule has 0 saturated carbocycles. The number of carbonyl (C=O) groups excluding carboxylic acids is 1. The van der Waals surface area contributed by atoms with Crippen LogP contribution in [0.3, 0.4) is 0 Å². The molecule has 0 spiro atoms. The minimum Gasteiger partial charge on any atom is -0.466 e. The Morgan fingerprint density at radius 3 is 2.49 bits per heavy atom. The Balaban J connectivity index is 1.65. The van der Waals surface area contributed by atoms with Crippen molar-refractivity contribution in [3.63, 3.8) is 0 Å². The number of aryl methyl sites for hydroxylation is 1. The van der Waals surface area contributed by atoms with Gasteiger partial charge >= 0.3 is 5.97 Å². The summed E-state index contributed by atoms with van der Waals surface area (Å²) in [5.74, 6) is -0.478. The lowest BCUT2D eigenvalue weighted by atomic mass is 9.88. The van der Waals surface area contributed by atoms with Crippen molar-refractivity contribution < 1.29 is 26.4 Å². The predicted molar refractivity (Wildman–Crippen MR) is 153 cm³/mol. The van der Waals surface area contributed by atoms with Crippen molar-refractivity contribution >= 4 is 37.4 Å². The monoisotopic (exact) mass is 577 g/mol. The number of carbonyl (C=O) groups is 1. The van der Waals surface area contributed by atoms with Gasteiger partial charge in [-0.05, 0) is 74.8 Å². The number of sulfonamides is 2. The van der Waals surface area contributed by atoms with Crippen LogP contribution in [0.15, 0.2) is 47.4 Å². The Bertz CT molecular complexity index is 1370. The second kappa shape index (κ2) is 12.7. The summed E-state index contributed by atoms with van der Waals surface area (Å²) in [6.45, 7) is 4.99. The molecule has 0 amide bonds. The summed E-state index contributed by atoms with van der Waals surface area (Å²) in [6.07, 6.45) is 4.80. The van der Waals surface area contributed by atoms with Gasteiger partial charge in [-0.3, -0.25) is 9.52 Å². The summed E-state index contributed by atoms with van der Waals surface area (Å²) in [6, 6.07) is 12.2. The minimum atomic E-state index is -4.03. The van der Waals surface area contributed by atoms with Crippen LogP contribution in [0.1, 0.15) is 69.5 Å². The molecular weight excluding hydrogens is 538 g/mol. The van der Waals surface area contributed by atoms with Gasteiger partial charge in [-0.2, -0.15) is 0 Å². The first-order valence-electron chi connectivity index (χ1n) is 13.8. The number of esters is 1. The molecule has 2 aromatic rings. The molecule has 1 aliphatic heterocycles. The van der Waals surface area contributed by atoms with Gasteiger partial charge in [-0.1, -0.05) is 37.6 Å². The third kappa shape index (κ3) is 7.32. The maximum atomic E-state index is 13.9. The predicted octanol–water partition coefficient (Wildman–Crippen LogP) is 4.36. The van der Waals surface area contributed by atoms with E-state index in [1.54, 1.807) is 19.1 Å². The second-order valence-corrected chi connectivity index (χ2v) is 13.8. The molecule has 2 aliphatic rings. The van der Waals surface area contributed by atoms with E-state index in [9.17, 15) is 21.6 Å². The number of anilines is 2. The molecule has 0 bridgehead atoms. The fourth-order valence-electron chi connectivity index (χ4n) is 5.36. The van der Waals surface area contributed by atoms with Crippen LogP contribution < -0.4 is 14.3 Å². The molecule has 1 heterocycles.